The summed E-state index contributed by atoms with van der Waals surface area (Å²) < 4.78 is 2.10. The molecule has 0 spiro atoms. The van der Waals surface area contributed by atoms with Gasteiger partial charge in [0.25, 0.3) is 0 Å². The van der Waals surface area contributed by atoms with E-state index >= 15 is 0 Å². The first-order valence-corrected chi connectivity index (χ1v) is 5.64. The van der Waals surface area contributed by atoms with Crippen LogP contribution in [0.4, 0.5) is 0 Å². The second-order valence-electron chi connectivity index (χ2n) is 3.66. The van der Waals surface area contributed by atoms with Crippen LogP contribution in [0.2, 0.25) is 0 Å². The zero-order chi connectivity index (χ0) is 10.1. The summed E-state index contributed by atoms with van der Waals surface area (Å²) in [5, 5.41) is 0. The lowest BCUT2D eigenvalue weighted by Gasteiger charge is -2.30. The predicted molar refractivity (Wildman–Crippen MR) is 64.2 cm³/mol. The summed E-state index contributed by atoms with van der Waals surface area (Å²) in [6.45, 7) is 2.55. The first-order chi connectivity index (χ1) is 6.68. The molecule has 3 heteroatoms. The van der Waals surface area contributed by atoms with Crippen molar-refractivity contribution in [2.24, 2.45) is 0 Å². The molecular formula is C11H12INO. The number of hydrogen-bond donors (Lipinski definition) is 0. The zero-order valence-electron chi connectivity index (χ0n) is 8.03. The van der Waals surface area contributed by atoms with Crippen molar-refractivity contribution in [2.75, 3.05) is 0 Å². The summed E-state index contributed by atoms with van der Waals surface area (Å²) in [4.78, 5) is 11.4. The highest BCUT2D eigenvalue weighted by Crippen LogP contribution is 2.26. The Bertz CT molecular complexity index is 364. The van der Waals surface area contributed by atoms with Gasteiger partial charge >= 0.3 is 0 Å². The molecule has 1 aromatic rings. The second-order valence-corrected chi connectivity index (χ2v) is 4.90. The third-order valence-corrected chi connectivity index (χ3v) is 3.67. The third-order valence-electron chi connectivity index (χ3n) is 2.66. The van der Waals surface area contributed by atoms with E-state index in [0.717, 1.165) is 13.0 Å². The Hall–Kier alpha value is -0.420. The average molecular weight is 301 g/mol. The highest BCUT2D eigenvalue weighted by molar-refractivity contribution is 14.1. The molecule has 1 aliphatic heterocycles. The molecular weight excluding hydrogens is 289 g/mol. The lowest BCUT2D eigenvalue weighted by molar-refractivity contribution is -0.120. The van der Waals surface area contributed by atoms with Gasteiger partial charge < -0.3 is 0 Å². The van der Waals surface area contributed by atoms with Gasteiger partial charge in [0.2, 0.25) is 0 Å². The Morgan fingerprint density at radius 3 is 2.71 bits per heavy atom. The molecule has 0 unspecified atom stereocenters. The quantitative estimate of drug-likeness (QED) is 0.586. The Morgan fingerprint density at radius 1 is 1.43 bits per heavy atom. The van der Waals surface area contributed by atoms with Crippen molar-refractivity contribution in [2.45, 2.75) is 25.9 Å². The Balaban J connectivity index is 2.31. The van der Waals surface area contributed by atoms with E-state index < -0.39 is 0 Å². The van der Waals surface area contributed by atoms with E-state index in [9.17, 15) is 4.79 Å². The number of nitrogens with zero attached hydrogens (tertiary/aromatic N) is 1. The Kier molecular flexibility index (Phi) is 2.88. The molecule has 0 aliphatic carbocycles. The summed E-state index contributed by atoms with van der Waals surface area (Å²) in [6, 6.07) is 8.41. The van der Waals surface area contributed by atoms with Crippen molar-refractivity contribution in [1.82, 2.24) is 3.11 Å². The largest absolute Gasteiger partial charge is 0.298 e. The monoisotopic (exact) mass is 301 g/mol. The lowest BCUT2D eigenvalue weighted by Crippen LogP contribution is -2.38. The van der Waals surface area contributed by atoms with E-state index in [1.54, 1.807) is 6.92 Å². The normalized spacial score (nSPS) is 21.7. The second kappa shape index (κ2) is 3.98. The fraction of sp³-hybridized carbons (Fsp3) is 0.364. The van der Waals surface area contributed by atoms with Gasteiger partial charge in [-0.1, -0.05) is 24.3 Å². The number of Topliss-reactive ketones (excluding diaryl/α,β-unsaturated/α-hetero) is 1. The number of halogens is 1. The van der Waals surface area contributed by atoms with Crippen molar-refractivity contribution in [3.8, 4) is 0 Å². The van der Waals surface area contributed by atoms with Gasteiger partial charge in [0.15, 0.2) is 0 Å². The number of carbonyl (C=O) groups is 1. The molecule has 0 aromatic heterocycles. The number of ketones is 1. The number of fused-ring (bicyclic) bond motifs is 1. The van der Waals surface area contributed by atoms with Crippen molar-refractivity contribution >= 4 is 28.6 Å². The molecule has 0 bridgehead atoms. The fourth-order valence-corrected chi connectivity index (χ4v) is 2.79. The van der Waals surface area contributed by atoms with Crippen LogP contribution in [0, 0.1) is 0 Å². The van der Waals surface area contributed by atoms with Crippen LogP contribution in [-0.4, -0.2) is 14.9 Å². The highest BCUT2D eigenvalue weighted by Gasteiger charge is 2.27. The van der Waals surface area contributed by atoms with Gasteiger partial charge in [-0.05, 0) is 24.5 Å². The van der Waals surface area contributed by atoms with E-state index in [-0.39, 0.29) is 11.8 Å². The maximum absolute atomic E-state index is 11.4. The van der Waals surface area contributed by atoms with Crippen LogP contribution >= 0.6 is 22.9 Å². The Labute approximate surface area is 97.8 Å². The number of carbonyl (C=O) groups excluding carboxylic acids is 1. The molecule has 2 nitrogen and oxygen atoms in total. The minimum absolute atomic E-state index is 0.0606. The lowest BCUT2D eigenvalue weighted by atomic mass is 9.94. The molecule has 14 heavy (non-hydrogen) atoms. The zero-order valence-corrected chi connectivity index (χ0v) is 10.2. The minimum atomic E-state index is 0.0606. The summed E-state index contributed by atoms with van der Waals surface area (Å²) >= 11 is 2.24. The fourth-order valence-electron chi connectivity index (χ4n) is 1.83. The van der Waals surface area contributed by atoms with Gasteiger partial charge in [-0.25, -0.2) is 3.11 Å². The molecule has 1 aromatic carbocycles. The van der Waals surface area contributed by atoms with Crippen LogP contribution in [0.3, 0.4) is 0 Å². The molecule has 0 radical (unpaired) electrons. The van der Waals surface area contributed by atoms with Crippen molar-refractivity contribution in [3.05, 3.63) is 35.4 Å². The summed E-state index contributed by atoms with van der Waals surface area (Å²) in [6.07, 6.45) is 0.856. The third kappa shape index (κ3) is 1.83. The summed E-state index contributed by atoms with van der Waals surface area (Å²) in [7, 11) is 0. The first-order valence-electron chi connectivity index (χ1n) is 4.68. The van der Waals surface area contributed by atoms with Crippen LogP contribution in [0.15, 0.2) is 24.3 Å². The predicted octanol–water partition coefficient (Wildman–Crippen LogP) is 2.35. The average Bonchev–Trinajstić information content (AvgIpc) is 2.16. The van der Waals surface area contributed by atoms with Gasteiger partial charge in [0.05, 0.1) is 6.04 Å². The van der Waals surface area contributed by atoms with Gasteiger partial charge in [0, 0.05) is 29.4 Å². The molecule has 2 rings (SSSR count). The van der Waals surface area contributed by atoms with Crippen LogP contribution < -0.4 is 0 Å². The molecule has 0 fully saturated rings. The highest BCUT2D eigenvalue weighted by atomic mass is 127. The van der Waals surface area contributed by atoms with Crippen LogP contribution in [0.25, 0.3) is 0 Å². The summed E-state index contributed by atoms with van der Waals surface area (Å²) in [5.74, 6) is 0.258. The maximum atomic E-state index is 11.4. The number of hydrogen-bond acceptors (Lipinski definition) is 2. The molecule has 0 saturated heterocycles. The summed E-state index contributed by atoms with van der Waals surface area (Å²) in [5.41, 5.74) is 2.67. The van der Waals surface area contributed by atoms with Gasteiger partial charge in [-0.15, -0.1) is 0 Å². The molecule has 0 amide bonds. The molecule has 1 heterocycles. The maximum Gasteiger partial charge on any atom is 0.148 e. The molecule has 1 atom stereocenters. The van der Waals surface area contributed by atoms with Crippen LogP contribution in [0.1, 0.15) is 18.1 Å². The molecule has 0 N–H and O–H groups in total. The smallest absolute Gasteiger partial charge is 0.148 e. The van der Waals surface area contributed by atoms with E-state index in [4.69, 9.17) is 0 Å². The van der Waals surface area contributed by atoms with Crippen LogP contribution in [0.5, 0.6) is 0 Å². The van der Waals surface area contributed by atoms with Crippen LogP contribution in [-0.2, 0) is 17.8 Å². The van der Waals surface area contributed by atoms with E-state index in [2.05, 4.69) is 44.2 Å². The Morgan fingerprint density at radius 2 is 2.07 bits per heavy atom. The topological polar surface area (TPSA) is 20.3 Å². The minimum Gasteiger partial charge on any atom is -0.298 e. The molecule has 0 saturated carbocycles. The van der Waals surface area contributed by atoms with E-state index in [1.165, 1.54) is 11.1 Å². The van der Waals surface area contributed by atoms with Gasteiger partial charge in [0.1, 0.15) is 5.78 Å². The number of benzene rings is 1. The standard InChI is InChI=1S/C11H12INO/c1-8(14)11-6-9-4-2-3-5-10(9)7-13(11)12/h2-5,11H,6-7H2,1H3/t11-/m0/s1. The van der Waals surface area contributed by atoms with Crippen molar-refractivity contribution < 1.29 is 4.79 Å². The molecule has 74 valence electrons. The SMILES string of the molecule is CC(=O)[C@@H]1Cc2ccccc2CN1I. The van der Waals surface area contributed by atoms with E-state index in [0.29, 0.717) is 0 Å². The number of rotatable bonds is 1. The van der Waals surface area contributed by atoms with Crippen molar-refractivity contribution in [1.29, 1.82) is 0 Å². The molecule has 1 aliphatic rings. The first kappa shape index (κ1) is 10.1. The van der Waals surface area contributed by atoms with Crippen molar-refractivity contribution in [3.63, 3.8) is 0 Å². The van der Waals surface area contributed by atoms with E-state index in [1.807, 2.05) is 6.07 Å². The van der Waals surface area contributed by atoms with Gasteiger partial charge in [-0.2, -0.15) is 0 Å². The van der Waals surface area contributed by atoms with Gasteiger partial charge in [-0.3, -0.25) is 4.79 Å².